The third kappa shape index (κ3) is 2.44. The van der Waals surface area contributed by atoms with Gasteiger partial charge >= 0.3 is 5.63 Å². The zero-order valence-corrected chi connectivity index (χ0v) is 14.0. The molecule has 1 aliphatic heterocycles. The minimum atomic E-state index is -0.507. The number of carbonyl (C=O) groups is 1. The summed E-state index contributed by atoms with van der Waals surface area (Å²) in [5.74, 6) is 0.811. The Morgan fingerprint density at radius 2 is 1.96 bits per heavy atom. The second kappa shape index (κ2) is 5.58. The molecule has 2 aliphatic rings. The van der Waals surface area contributed by atoms with E-state index in [1.54, 1.807) is 4.90 Å². The van der Waals surface area contributed by atoms with Crippen molar-refractivity contribution in [2.75, 3.05) is 0 Å². The van der Waals surface area contributed by atoms with Crippen LogP contribution in [0.3, 0.4) is 0 Å². The summed E-state index contributed by atoms with van der Waals surface area (Å²) in [6.07, 6.45) is 5.10. The van der Waals surface area contributed by atoms with Gasteiger partial charge in [-0.15, -0.1) is 0 Å². The quantitative estimate of drug-likeness (QED) is 0.851. The fraction of sp³-hybridized carbons (Fsp3) is 0.421. The summed E-state index contributed by atoms with van der Waals surface area (Å²) in [6, 6.07) is 3.87. The summed E-state index contributed by atoms with van der Waals surface area (Å²) >= 11 is 0. The van der Waals surface area contributed by atoms with Crippen LogP contribution in [0.2, 0.25) is 0 Å². The molecule has 0 saturated heterocycles. The number of hydrogen-bond acceptors (Lipinski definition) is 4. The van der Waals surface area contributed by atoms with Crippen LogP contribution in [0.4, 0.5) is 0 Å². The molecule has 0 radical (unpaired) electrons. The standard InChI is InChI=1S/C19H20N2O3/c1-11-6-16(13-4-3-5-13)24-19(23)17(11)18(22)21-9-14-7-12(2)20-8-15(14)10-21/h6-8,13H,3-5,9-10H2,1-2H3. The molecule has 0 bridgehead atoms. The molecular weight excluding hydrogens is 304 g/mol. The van der Waals surface area contributed by atoms with Gasteiger partial charge in [0.25, 0.3) is 5.91 Å². The Kier molecular flexibility index (Phi) is 3.52. The monoisotopic (exact) mass is 324 g/mol. The van der Waals surface area contributed by atoms with Gasteiger partial charge in [-0.3, -0.25) is 9.78 Å². The lowest BCUT2D eigenvalue weighted by molar-refractivity contribution is 0.0745. The minimum Gasteiger partial charge on any atom is -0.427 e. The Balaban J connectivity index is 1.62. The van der Waals surface area contributed by atoms with Crippen molar-refractivity contribution in [1.29, 1.82) is 0 Å². The predicted octanol–water partition coefficient (Wildman–Crippen LogP) is 3.08. The molecule has 1 saturated carbocycles. The van der Waals surface area contributed by atoms with Gasteiger partial charge in [-0.1, -0.05) is 6.42 Å². The molecule has 1 amide bonds. The Morgan fingerprint density at radius 1 is 1.21 bits per heavy atom. The summed E-state index contributed by atoms with van der Waals surface area (Å²) in [5.41, 5.74) is 3.45. The number of aromatic nitrogens is 1. The molecular formula is C19H20N2O3. The lowest BCUT2D eigenvalue weighted by Crippen LogP contribution is -2.31. The number of fused-ring (bicyclic) bond motifs is 1. The molecule has 2 aromatic rings. The highest BCUT2D eigenvalue weighted by Gasteiger charge is 2.30. The van der Waals surface area contributed by atoms with Crippen molar-refractivity contribution in [3.05, 3.63) is 62.5 Å². The van der Waals surface area contributed by atoms with Crippen molar-refractivity contribution < 1.29 is 9.21 Å². The average molecular weight is 324 g/mol. The van der Waals surface area contributed by atoms with Crippen LogP contribution in [0.15, 0.2) is 27.5 Å². The number of pyridine rings is 1. The molecule has 0 atom stereocenters. The van der Waals surface area contributed by atoms with Crippen molar-refractivity contribution in [3.8, 4) is 0 Å². The van der Waals surface area contributed by atoms with E-state index in [9.17, 15) is 9.59 Å². The molecule has 0 aromatic carbocycles. The van der Waals surface area contributed by atoms with E-state index >= 15 is 0 Å². The van der Waals surface area contributed by atoms with E-state index in [0.29, 0.717) is 24.6 Å². The summed E-state index contributed by atoms with van der Waals surface area (Å²) in [6.45, 7) is 4.76. The lowest BCUT2D eigenvalue weighted by Gasteiger charge is -2.24. The zero-order valence-electron chi connectivity index (χ0n) is 14.0. The molecule has 24 heavy (non-hydrogen) atoms. The first-order chi connectivity index (χ1) is 11.5. The van der Waals surface area contributed by atoms with E-state index in [1.165, 1.54) is 6.42 Å². The highest BCUT2D eigenvalue weighted by Crippen LogP contribution is 2.36. The van der Waals surface area contributed by atoms with Gasteiger partial charge in [0.15, 0.2) is 0 Å². The van der Waals surface area contributed by atoms with E-state index in [4.69, 9.17) is 4.42 Å². The average Bonchev–Trinajstić information content (AvgIpc) is 2.87. The van der Waals surface area contributed by atoms with Gasteiger partial charge in [0, 0.05) is 30.9 Å². The molecule has 0 unspecified atom stereocenters. The van der Waals surface area contributed by atoms with Crippen LogP contribution >= 0.6 is 0 Å². The molecule has 0 N–H and O–H groups in total. The largest absolute Gasteiger partial charge is 0.427 e. The van der Waals surface area contributed by atoms with Crippen LogP contribution in [0.5, 0.6) is 0 Å². The highest BCUT2D eigenvalue weighted by atomic mass is 16.4. The lowest BCUT2D eigenvalue weighted by atomic mass is 9.83. The molecule has 1 fully saturated rings. The van der Waals surface area contributed by atoms with E-state index in [1.807, 2.05) is 32.2 Å². The summed E-state index contributed by atoms with van der Waals surface area (Å²) < 4.78 is 5.45. The summed E-state index contributed by atoms with van der Waals surface area (Å²) in [5, 5.41) is 0. The maximum atomic E-state index is 12.9. The topological polar surface area (TPSA) is 63.4 Å². The fourth-order valence-corrected chi connectivity index (χ4v) is 3.49. The first-order valence-electron chi connectivity index (χ1n) is 8.41. The van der Waals surface area contributed by atoms with Gasteiger partial charge in [0.2, 0.25) is 0 Å². The SMILES string of the molecule is Cc1cc2c(cn1)CN(C(=O)c1c(C)cc(C3CCC3)oc1=O)C2. The summed E-state index contributed by atoms with van der Waals surface area (Å²) in [4.78, 5) is 31.2. The van der Waals surface area contributed by atoms with Crippen molar-refractivity contribution in [2.24, 2.45) is 0 Å². The molecule has 3 heterocycles. The molecule has 0 spiro atoms. The van der Waals surface area contributed by atoms with Crippen LogP contribution in [0, 0.1) is 13.8 Å². The van der Waals surface area contributed by atoms with E-state index < -0.39 is 5.63 Å². The first kappa shape index (κ1) is 15.1. The van der Waals surface area contributed by atoms with Crippen LogP contribution in [0.25, 0.3) is 0 Å². The van der Waals surface area contributed by atoms with Gasteiger partial charge in [-0.25, -0.2) is 4.79 Å². The maximum Gasteiger partial charge on any atom is 0.349 e. The van der Waals surface area contributed by atoms with Gasteiger partial charge in [0.1, 0.15) is 11.3 Å². The van der Waals surface area contributed by atoms with Crippen molar-refractivity contribution in [1.82, 2.24) is 9.88 Å². The molecule has 5 nitrogen and oxygen atoms in total. The zero-order chi connectivity index (χ0) is 16.8. The summed E-state index contributed by atoms with van der Waals surface area (Å²) in [7, 11) is 0. The Bertz CT molecular complexity index is 881. The first-order valence-corrected chi connectivity index (χ1v) is 8.41. The van der Waals surface area contributed by atoms with Crippen molar-refractivity contribution >= 4 is 5.91 Å². The minimum absolute atomic E-state index is 0.163. The molecule has 124 valence electrons. The smallest absolute Gasteiger partial charge is 0.349 e. The number of nitrogens with zero attached hydrogens (tertiary/aromatic N) is 2. The van der Waals surface area contributed by atoms with Gasteiger partial charge in [0.05, 0.1) is 0 Å². The second-order valence-corrected chi connectivity index (χ2v) is 6.88. The van der Waals surface area contributed by atoms with Crippen LogP contribution in [-0.2, 0) is 13.1 Å². The Labute approximate surface area is 140 Å². The van der Waals surface area contributed by atoms with Crippen LogP contribution < -0.4 is 5.63 Å². The van der Waals surface area contributed by atoms with Crippen LogP contribution in [-0.4, -0.2) is 15.8 Å². The van der Waals surface area contributed by atoms with Gasteiger partial charge in [-0.05, 0) is 55.5 Å². The number of hydrogen-bond donors (Lipinski definition) is 0. The Hall–Kier alpha value is -2.43. The van der Waals surface area contributed by atoms with Crippen LogP contribution in [0.1, 0.15) is 63.7 Å². The molecule has 5 heteroatoms. The number of carbonyl (C=O) groups excluding carboxylic acids is 1. The van der Waals surface area contributed by atoms with Crippen molar-refractivity contribution in [3.63, 3.8) is 0 Å². The van der Waals surface area contributed by atoms with Gasteiger partial charge in [-0.2, -0.15) is 0 Å². The van der Waals surface area contributed by atoms with Gasteiger partial charge < -0.3 is 9.32 Å². The number of rotatable bonds is 2. The predicted molar refractivity (Wildman–Crippen MR) is 88.9 cm³/mol. The molecule has 1 aliphatic carbocycles. The fourth-order valence-electron chi connectivity index (χ4n) is 3.49. The maximum absolute atomic E-state index is 12.9. The molecule has 4 rings (SSSR count). The Morgan fingerprint density at radius 3 is 2.62 bits per heavy atom. The number of amides is 1. The second-order valence-electron chi connectivity index (χ2n) is 6.88. The van der Waals surface area contributed by atoms with Crippen molar-refractivity contribution in [2.45, 2.75) is 52.1 Å². The third-order valence-electron chi connectivity index (χ3n) is 5.12. The third-order valence-corrected chi connectivity index (χ3v) is 5.12. The van der Waals surface area contributed by atoms with E-state index in [0.717, 1.165) is 35.4 Å². The highest BCUT2D eigenvalue weighted by molar-refractivity contribution is 5.95. The normalized spacial score (nSPS) is 16.8. The molecule has 2 aromatic heterocycles. The van der Waals surface area contributed by atoms with E-state index in [2.05, 4.69) is 4.98 Å². The van der Waals surface area contributed by atoms with E-state index in [-0.39, 0.29) is 11.5 Å². The number of aryl methyl sites for hydroxylation is 2.